The van der Waals surface area contributed by atoms with Gasteiger partial charge in [-0.15, -0.1) is 0 Å². The second-order valence-corrected chi connectivity index (χ2v) is 9.09. The number of anilines is 4. The molecule has 34 heavy (non-hydrogen) atoms. The van der Waals surface area contributed by atoms with Crippen LogP contribution in [0.25, 0.3) is 10.9 Å². The van der Waals surface area contributed by atoms with Crippen molar-refractivity contribution in [2.45, 2.75) is 12.5 Å². The van der Waals surface area contributed by atoms with Gasteiger partial charge in [-0.1, -0.05) is 6.58 Å². The molecular formula is C23H25BrN8O2. The van der Waals surface area contributed by atoms with Gasteiger partial charge in [0.25, 0.3) is 0 Å². The number of halogens is 1. The Morgan fingerprint density at radius 3 is 2.71 bits per heavy atom. The first-order valence-corrected chi connectivity index (χ1v) is 12.0. The normalized spacial score (nSPS) is 18.2. The smallest absolute Gasteiger partial charge is 0.247 e. The Kier molecular flexibility index (Phi) is 6.54. The Bertz CT molecular complexity index is 1200. The van der Waals surface area contributed by atoms with E-state index in [1.54, 1.807) is 12.4 Å². The van der Waals surface area contributed by atoms with Crippen molar-refractivity contribution >= 4 is 56.1 Å². The summed E-state index contributed by atoms with van der Waals surface area (Å²) in [5.74, 6) is 1.91. The number of nitrogens with one attached hydrogen (secondary N) is 2. The van der Waals surface area contributed by atoms with E-state index < -0.39 is 0 Å². The summed E-state index contributed by atoms with van der Waals surface area (Å²) in [7, 11) is 0. The maximum absolute atomic E-state index is 11.8. The summed E-state index contributed by atoms with van der Waals surface area (Å²) in [6, 6.07) is 5.91. The highest BCUT2D eigenvalue weighted by Gasteiger charge is 2.27. The van der Waals surface area contributed by atoms with Crippen molar-refractivity contribution in [1.82, 2.24) is 19.9 Å². The van der Waals surface area contributed by atoms with Crippen LogP contribution in [-0.4, -0.2) is 71.3 Å². The molecular weight excluding hydrogens is 500 g/mol. The summed E-state index contributed by atoms with van der Waals surface area (Å²) in [5.41, 5.74) is 1.45. The Balaban J connectivity index is 1.45. The number of fused-ring (bicyclic) bond motifs is 1. The Morgan fingerprint density at radius 2 is 1.94 bits per heavy atom. The molecule has 2 N–H and O–H groups in total. The van der Waals surface area contributed by atoms with Crippen LogP contribution in [0.5, 0.6) is 0 Å². The topological polar surface area (TPSA) is 108 Å². The first kappa shape index (κ1) is 22.5. The monoisotopic (exact) mass is 524 g/mol. The highest BCUT2D eigenvalue weighted by atomic mass is 79.9. The van der Waals surface area contributed by atoms with E-state index in [-0.39, 0.29) is 11.9 Å². The minimum atomic E-state index is -0.259. The predicted molar refractivity (Wildman–Crippen MR) is 135 cm³/mol. The van der Waals surface area contributed by atoms with Crippen molar-refractivity contribution in [3.05, 3.63) is 47.7 Å². The van der Waals surface area contributed by atoms with Crippen molar-refractivity contribution in [3.8, 4) is 0 Å². The Hall–Kier alpha value is -3.31. The number of aromatic nitrogens is 4. The second-order valence-electron chi connectivity index (χ2n) is 8.17. The van der Waals surface area contributed by atoms with Gasteiger partial charge in [0.15, 0.2) is 0 Å². The number of ether oxygens (including phenoxy) is 1. The van der Waals surface area contributed by atoms with Gasteiger partial charge in [0.05, 0.1) is 23.2 Å². The fraction of sp³-hybridized carbons (Fsp3) is 0.348. The van der Waals surface area contributed by atoms with E-state index in [1.807, 2.05) is 18.2 Å². The second kappa shape index (κ2) is 9.90. The number of rotatable bonds is 6. The standard InChI is InChI=1S/C23H25BrN8O2/c1-2-20(33)27-16-3-4-18-19(11-16)29-23(31-7-9-34-10-8-31)30-21(18)32-6-5-17(14-32)28-22-25-12-15(24)13-26-22/h2-4,11-13,17H,1,5-10,14H2,(H,27,33)(H,25,26,28). The zero-order chi connectivity index (χ0) is 23.5. The molecule has 5 rings (SSSR count). The SMILES string of the molecule is C=CC(=O)Nc1ccc2c(N3CCC(Nc4ncc(Br)cn4)C3)nc(N3CCOCC3)nc2c1. The number of hydrogen-bond acceptors (Lipinski definition) is 9. The molecule has 0 aliphatic carbocycles. The summed E-state index contributed by atoms with van der Waals surface area (Å²) in [5, 5.41) is 7.18. The molecule has 0 saturated carbocycles. The molecule has 2 saturated heterocycles. The first-order chi connectivity index (χ1) is 16.6. The van der Waals surface area contributed by atoms with Crippen LogP contribution in [0.3, 0.4) is 0 Å². The number of carbonyl (C=O) groups is 1. The molecule has 1 aromatic carbocycles. The lowest BCUT2D eigenvalue weighted by molar-refractivity contribution is -0.111. The maximum atomic E-state index is 11.8. The van der Waals surface area contributed by atoms with E-state index >= 15 is 0 Å². The molecule has 2 aromatic heterocycles. The molecule has 176 valence electrons. The summed E-state index contributed by atoms with van der Waals surface area (Å²) >= 11 is 3.37. The third-order valence-corrected chi connectivity index (χ3v) is 6.26. The fourth-order valence-corrected chi connectivity index (χ4v) is 4.36. The van der Waals surface area contributed by atoms with Gasteiger partial charge < -0.3 is 25.2 Å². The summed E-state index contributed by atoms with van der Waals surface area (Å²) < 4.78 is 6.35. The van der Waals surface area contributed by atoms with E-state index in [0.29, 0.717) is 30.8 Å². The number of nitrogens with zero attached hydrogens (tertiary/aromatic N) is 6. The largest absolute Gasteiger partial charge is 0.378 e. The number of hydrogen-bond donors (Lipinski definition) is 2. The zero-order valence-electron chi connectivity index (χ0n) is 18.6. The number of benzene rings is 1. The molecule has 1 atom stereocenters. The quantitative estimate of drug-likeness (QED) is 0.470. The molecule has 3 aromatic rings. The highest BCUT2D eigenvalue weighted by Crippen LogP contribution is 2.31. The van der Waals surface area contributed by atoms with Gasteiger partial charge in [0, 0.05) is 55.7 Å². The predicted octanol–water partition coefficient (Wildman–Crippen LogP) is 2.83. The van der Waals surface area contributed by atoms with Gasteiger partial charge in [0.2, 0.25) is 17.8 Å². The van der Waals surface area contributed by atoms with Crippen molar-refractivity contribution in [1.29, 1.82) is 0 Å². The fourth-order valence-electron chi connectivity index (χ4n) is 4.16. The van der Waals surface area contributed by atoms with Crippen LogP contribution in [0.2, 0.25) is 0 Å². The lowest BCUT2D eigenvalue weighted by Crippen LogP contribution is -2.37. The van der Waals surface area contributed by atoms with Gasteiger partial charge in [-0.05, 0) is 46.6 Å². The average molecular weight is 525 g/mol. The Labute approximate surface area is 205 Å². The van der Waals surface area contributed by atoms with Gasteiger partial charge in [-0.25, -0.2) is 15.0 Å². The number of carbonyl (C=O) groups excluding carboxylic acids is 1. The zero-order valence-corrected chi connectivity index (χ0v) is 20.2. The van der Waals surface area contributed by atoms with Crippen LogP contribution in [0, 0.1) is 0 Å². The van der Waals surface area contributed by atoms with Crippen LogP contribution in [0.1, 0.15) is 6.42 Å². The molecule has 0 radical (unpaired) electrons. The minimum absolute atomic E-state index is 0.198. The van der Waals surface area contributed by atoms with Gasteiger partial charge in [0.1, 0.15) is 5.82 Å². The lowest BCUT2D eigenvalue weighted by Gasteiger charge is -2.28. The van der Waals surface area contributed by atoms with Crippen LogP contribution >= 0.6 is 15.9 Å². The summed E-state index contributed by atoms with van der Waals surface area (Å²) in [6.45, 7) is 7.91. The summed E-state index contributed by atoms with van der Waals surface area (Å²) in [6.07, 6.45) is 5.65. The molecule has 2 aliphatic heterocycles. The van der Waals surface area contributed by atoms with Crippen LogP contribution in [0.15, 0.2) is 47.7 Å². The van der Waals surface area contributed by atoms with Crippen LogP contribution in [-0.2, 0) is 9.53 Å². The minimum Gasteiger partial charge on any atom is -0.378 e. The van der Waals surface area contributed by atoms with E-state index in [1.165, 1.54) is 6.08 Å². The number of amides is 1. The molecule has 2 aliphatic rings. The van der Waals surface area contributed by atoms with Crippen molar-refractivity contribution in [2.75, 3.05) is 59.8 Å². The van der Waals surface area contributed by atoms with E-state index in [0.717, 1.165) is 53.8 Å². The molecule has 0 bridgehead atoms. The van der Waals surface area contributed by atoms with E-state index in [2.05, 4.69) is 52.9 Å². The van der Waals surface area contributed by atoms with Crippen LogP contribution < -0.4 is 20.4 Å². The first-order valence-electron chi connectivity index (χ1n) is 11.2. The average Bonchev–Trinajstić information content (AvgIpc) is 3.33. The Morgan fingerprint density at radius 1 is 1.15 bits per heavy atom. The van der Waals surface area contributed by atoms with Gasteiger partial charge in [-0.2, -0.15) is 4.98 Å². The van der Waals surface area contributed by atoms with E-state index in [4.69, 9.17) is 14.7 Å². The van der Waals surface area contributed by atoms with Crippen molar-refractivity contribution in [3.63, 3.8) is 0 Å². The van der Waals surface area contributed by atoms with Gasteiger partial charge in [-0.3, -0.25) is 4.79 Å². The third-order valence-electron chi connectivity index (χ3n) is 5.85. The lowest BCUT2D eigenvalue weighted by atomic mass is 10.2. The van der Waals surface area contributed by atoms with Crippen molar-refractivity contribution in [2.24, 2.45) is 0 Å². The maximum Gasteiger partial charge on any atom is 0.247 e. The molecule has 4 heterocycles. The van der Waals surface area contributed by atoms with E-state index in [9.17, 15) is 4.79 Å². The molecule has 1 unspecified atom stereocenters. The highest BCUT2D eigenvalue weighted by molar-refractivity contribution is 9.10. The molecule has 11 heteroatoms. The van der Waals surface area contributed by atoms with Gasteiger partial charge >= 0.3 is 0 Å². The number of morpholine rings is 1. The van der Waals surface area contributed by atoms with Crippen molar-refractivity contribution < 1.29 is 9.53 Å². The molecule has 1 amide bonds. The molecule has 0 spiro atoms. The molecule has 2 fully saturated rings. The molecule has 10 nitrogen and oxygen atoms in total. The van der Waals surface area contributed by atoms with Crippen LogP contribution in [0.4, 0.5) is 23.4 Å². The third kappa shape index (κ3) is 4.95. The summed E-state index contributed by atoms with van der Waals surface area (Å²) in [4.78, 5) is 34.7.